The highest BCUT2D eigenvalue weighted by atomic mass is 16.5. The summed E-state index contributed by atoms with van der Waals surface area (Å²) in [6.45, 7) is 4.29. The molecule has 1 aromatic heterocycles. The SMILES string of the molecule is CCOc1cccc2cc(C(=O)N[C@@H](C)c3ccccc3)c(=N)oc12. The van der Waals surface area contributed by atoms with Crippen molar-refractivity contribution in [3.63, 3.8) is 0 Å². The van der Waals surface area contributed by atoms with Gasteiger partial charge in [-0.05, 0) is 31.5 Å². The Labute approximate surface area is 145 Å². The maximum absolute atomic E-state index is 12.6. The van der Waals surface area contributed by atoms with Crippen LogP contribution in [0.5, 0.6) is 5.75 Å². The number of hydrogen-bond donors (Lipinski definition) is 2. The third kappa shape index (κ3) is 3.55. The molecular formula is C20H20N2O3. The molecule has 1 amide bonds. The molecule has 3 rings (SSSR count). The number of nitrogens with one attached hydrogen (secondary N) is 2. The van der Waals surface area contributed by atoms with Gasteiger partial charge in [-0.2, -0.15) is 0 Å². The van der Waals surface area contributed by atoms with Gasteiger partial charge in [-0.25, -0.2) is 0 Å². The van der Waals surface area contributed by atoms with Crippen LogP contribution in [0.3, 0.4) is 0 Å². The molecule has 0 fully saturated rings. The summed E-state index contributed by atoms with van der Waals surface area (Å²) in [5.41, 5.74) is 1.49. The molecule has 1 heterocycles. The predicted molar refractivity (Wildman–Crippen MR) is 95.6 cm³/mol. The summed E-state index contributed by atoms with van der Waals surface area (Å²) in [6, 6.07) is 16.6. The lowest BCUT2D eigenvalue weighted by molar-refractivity contribution is 0.0935. The zero-order chi connectivity index (χ0) is 17.8. The van der Waals surface area contributed by atoms with Crippen LogP contribution in [0.1, 0.15) is 35.8 Å². The maximum Gasteiger partial charge on any atom is 0.257 e. The van der Waals surface area contributed by atoms with E-state index in [1.807, 2.05) is 56.3 Å². The zero-order valence-electron chi connectivity index (χ0n) is 14.2. The van der Waals surface area contributed by atoms with Crippen molar-refractivity contribution in [2.45, 2.75) is 19.9 Å². The first-order chi connectivity index (χ1) is 12.1. The number of rotatable bonds is 5. The van der Waals surface area contributed by atoms with Crippen molar-refractivity contribution in [2.24, 2.45) is 0 Å². The van der Waals surface area contributed by atoms with Crippen LogP contribution in [-0.2, 0) is 0 Å². The molecule has 0 saturated carbocycles. The molecule has 2 N–H and O–H groups in total. The minimum Gasteiger partial charge on any atom is -0.490 e. The van der Waals surface area contributed by atoms with E-state index in [2.05, 4.69) is 5.32 Å². The molecule has 5 nitrogen and oxygen atoms in total. The summed E-state index contributed by atoms with van der Waals surface area (Å²) >= 11 is 0. The van der Waals surface area contributed by atoms with Crippen molar-refractivity contribution < 1.29 is 13.9 Å². The van der Waals surface area contributed by atoms with Gasteiger partial charge < -0.3 is 14.5 Å². The van der Waals surface area contributed by atoms with E-state index >= 15 is 0 Å². The van der Waals surface area contributed by atoms with Crippen LogP contribution in [0.25, 0.3) is 11.0 Å². The summed E-state index contributed by atoms with van der Waals surface area (Å²) in [7, 11) is 0. The van der Waals surface area contributed by atoms with Crippen molar-refractivity contribution in [3.05, 3.63) is 71.3 Å². The predicted octanol–water partition coefficient (Wildman–Crippen LogP) is 3.80. The third-order valence-corrected chi connectivity index (χ3v) is 3.95. The molecule has 0 aliphatic carbocycles. The Morgan fingerprint density at radius 2 is 1.96 bits per heavy atom. The molecule has 5 heteroatoms. The Balaban J connectivity index is 1.92. The summed E-state index contributed by atoms with van der Waals surface area (Å²) in [5.74, 6) is 0.229. The largest absolute Gasteiger partial charge is 0.490 e. The molecule has 0 aliphatic rings. The fourth-order valence-corrected chi connectivity index (χ4v) is 2.67. The van der Waals surface area contributed by atoms with Gasteiger partial charge in [-0.15, -0.1) is 0 Å². The van der Waals surface area contributed by atoms with Gasteiger partial charge in [0.2, 0.25) is 5.55 Å². The summed E-state index contributed by atoms with van der Waals surface area (Å²) in [6.07, 6.45) is 0. The van der Waals surface area contributed by atoms with Crippen molar-refractivity contribution in [1.29, 1.82) is 5.41 Å². The second-order valence-corrected chi connectivity index (χ2v) is 5.70. The van der Waals surface area contributed by atoms with Crippen LogP contribution in [0.15, 0.2) is 59.0 Å². The molecule has 2 aromatic carbocycles. The number of para-hydroxylation sites is 1. The van der Waals surface area contributed by atoms with Gasteiger partial charge in [0.05, 0.1) is 12.6 Å². The molecule has 0 saturated heterocycles. The van der Waals surface area contributed by atoms with Crippen LogP contribution in [0.2, 0.25) is 0 Å². The number of carbonyl (C=O) groups is 1. The summed E-state index contributed by atoms with van der Waals surface area (Å²) < 4.78 is 11.1. The first-order valence-corrected chi connectivity index (χ1v) is 8.20. The second kappa shape index (κ2) is 7.21. The lowest BCUT2D eigenvalue weighted by Gasteiger charge is -2.14. The highest BCUT2D eigenvalue weighted by Crippen LogP contribution is 2.25. The molecule has 0 spiro atoms. The fourth-order valence-electron chi connectivity index (χ4n) is 2.67. The first kappa shape index (κ1) is 16.8. The third-order valence-electron chi connectivity index (χ3n) is 3.95. The molecule has 3 aromatic rings. The monoisotopic (exact) mass is 336 g/mol. The van der Waals surface area contributed by atoms with Crippen LogP contribution < -0.4 is 15.6 Å². The Hall–Kier alpha value is -3.08. The van der Waals surface area contributed by atoms with Gasteiger partial charge in [0.25, 0.3) is 5.91 Å². The molecule has 0 radical (unpaired) electrons. The summed E-state index contributed by atoms with van der Waals surface area (Å²) in [4.78, 5) is 12.6. The highest BCUT2D eigenvalue weighted by molar-refractivity contribution is 5.97. The topological polar surface area (TPSA) is 75.3 Å². The van der Waals surface area contributed by atoms with E-state index in [4.69, 9.17) is 14.6 Å². The van der Waals surface area contributed by atoms with E-state index in [-0.39, 0.29) is 23.1 Å². The molecule has 1 atom stereocenters. The van der Waals surface area contributed by atoms with Crippen molar-refractivity contribution in [3.8, 4) is 5.75 Å². The molecule has 0 unspecified atom stereocenters. The van der Waals surface area contributed by atoms with Crippen molar-refractivity contribution in [1.82, 2.24) is 5.32 Å². The number of carbonyl (C=O) groups excluding carboxylic acids is 1. The van der Waals surface area contributed by atoms with E-state index in [9.17, 15) is 4.79 Å². The van der Waals surface area contributed by atoms with E-state index in [0.29, 0.717) is 17.9 Å². The zero-order valence-corrected chi connectivity index (χ0v) is 14.2. The molecule has 0 bridgehead atoms. The minimum absolute atomic E-state index is 0.168. The highest BCUT2D eigenvalue weighted by Gasteiger charge is 2.16. The minimum atomic E-state index is -0.339. The first-order valence-electron chi connectivity index (χ1n) is 8.20. The van der Waals surface area contributed by atoms with Gasteiger partial charge >= 0.3 is 0 Å². The number of benzene rings is 2. The normalized spacial score (nSPS) is 11.9. The number of ether oxygens (including phenoxy) is 1. The van der Waals surface area contributed by atoms with Crippen molar-refractivity contribution >= 4 is 16.9 Å². The number of fused-ring (bicyclic) bond motifs is 1. The van der Waals surface area contributed by atoms with E-state index < -0.39 is 0 Å². The summed E-state index contributed by atoms with van der Waals surface area (Å²) in [5, 5.41) is 11.7. The van der Waals surface area contributed by atoms with Gasteiger partial charge in [-0.3, -0.25) is 10.2 Å². The van der Waals surface area contributed by atoms with Gasteiger partial charge in [0.1, 0.15) is 5.56 Å². The Morgan fingerprint density at radius 1 is 1.20 bits per heavy atom. The standard InChI is InChI=1S/C20H20N2O3/c1-3-24-17-11-7-10-15-12-16(19(21)25-18(15)17)20(23)22-13(2)14-8-5-4-6-9-14/h4-13,21H,3H2,1-2H3,(H,22,23)/t13-/m0/s1. The van der Waals surface area contributed by atoms with Crippen LogP contribution in [-0.4, -0.2) is 12.5 Å². The van der Waals surface area contributed by atoms with Gasteiger partial charge in [0, 0.05) is 5.39 Å². The number of amides is 1. The van der Waals surface area contributed by atoms with E-state index in [0.717, 1.165) is 10.9 Å². The van der Waals surface area contributed by atoms with Crippen LogP contribution in [0.4, 0.5) is 0 Å². The second-order valence-electron chi connectivity index (χ2n) is 5.70. The fraction of sp³-hybridized carbons (Fsp3) is 0.200. The Kier molecular flexibility index (Phi) is 4.84. The molecule has 0 aliphatic heterocycles. The maximum atomic E-state index is 12.6. The van der Waals surface area contributed by atoms with E-state index in [1.165, 1.54) is 0 Å². The lowest BCUT2D eigenvalue weighted by atomic mass is 10.1. The average molecular weight is 336 g/mol. The van der Waals surface area contributed by atoms with E-state index in [1.54, 1.807) is 12.1 Å². The molecule has 128 valence electrons. The molecular weight excluding hydrogens is 316 g/mol. The van der Waals surface area contributed by atoms with Crippen molar-refractivity contribution in [2.75, 3.05) is 6.61 Å². The lowest BCUT2D eigenvalue weighted by Crippen LogP contribution is -2.30. The number of hydrogen-bond acceptors (Lipinski definition) is 4. The van der Waals surface area contributed by atoms with Crippen LogP contribution in [0, 0.1) is 5.41 Å². The average Bonchev–Trinajstić information content (AvgIpc) is 2.62. The van der Waals surface area contributed by atoms with Gasteiger partial charge in [0.15, 0.2) is 11.3 Å². The molecule has 25 heavy (non-hydrogen) atoms. The quantitative estimate of drug-likeness (QED) is 0.744. The van der Waals surface area contributed by atoms with Gasteiger partial charge in [-0.1, -0.05) is 42.5 Å². The van der Waals surface area contributed by atoms with Crippen LogP contribution >= 0.6 is 0 Å². The Bertz CT molecular complexity index is 948. The smallest absolute Gasteiger partial charge is 0.257 e. The Morgan fingerprint density at radius 3 is 2.68 bits per heavy atom.